The van der Waals surface area contributed by atoms with Gasteiger partial charge in [0.15, 0.2) is 8.24 Å². The van der Waals surface area contributed by atoms with E-state index in [-0.39, 0.29) is 0 Å². The van der Waals surface area contributed by atoms with E-state index >= 15 is 0 Å². The van der Waals surface area contributed by atoms with Crippen molar-refractivity contribution < 1.29 is 9.90 Å². The number of rotatable bonds is 1. The second-order valence-corrected chi connectivity index (χ2v) is 8.01. The molecule has 72 valence electrons. The molecule has 0 saturated carbocycles. The molecule has 0 amide bonds. The third-order valence-electron chi connectivity index (χ3n) is 0.512. The van der Waals surface area contributed by atoms with E-state index in [1.165, 1.54) is 0 Å². The second-order valence-electron chi connectivity index (χ2n) is 3.44. The highest BCUT2D eigenvalue weighted by Crippen LogP contribution is 2.00. The molecule has 0 spiro atoms. The SMILES string of the molecule is CC(=O)O.CC(N)=N[Si](C)(C)C. The van der Waals surface area contributed by atoms with Crippen LogP contribution in [0.15, 0.2) is 4.66 Å². The Morgan fingerprint density at radius 3 is 1.58 bits per heavy atom. The molecule has 0 bridgehead atoms. The number of hydrogen-bond donors (Lipinski definition) is 2. The lowest BCUT2D eigenvalue weighted by atomic mass is 10.8. The van der Waals surface area contributed by atoms with Gasteiger partial charge in [0.05, 0.1) is 5.84 Å². The number of amidine groups is 1. The molecule has 12 heavy (non-hydrogen) atoms. The fourth-order valence-corrected chi connectivity index (χ4v) is 1.59. The van der Waals surface area contributed by atoms with Crippen molar-refractivity contribution in [3.8, 4) is 0 Å². The molecule has 0 heterocycles. The zero-order valence-electron chi connectivity index (χ0n) is 8.38. The summed E-state index contributed by atoms with van der Waals surface area (Å²) >= 11 is 0. The molecule has 0 aromatic rings. The summed E-state index contributed by atoms with van der Waals surface area (Å²) in [6.07, 6.45) is 0. The van der Waals surface area contributed by atoms with Gasteiger partial charge >= 0.3 is 0 Å². The lowest BCUT2D eigenvalue weighted by Gasteiger charge is -2.07. The molecular formula is C7H18N2O2Si. The molecular weight excluding hydrogens is 172 g/mol. The molecule has 0 aromatic heterocycles. The van der Waals surface area contributed by atoms with Gasteiger partial charge in [-0.1, -0.05) is 0 Å². The molecule has 5 heteroatoms. The molecule has 0 aliphatic heterocycles. The van der Waals surface area contributed by atoms with Gasteiger partial charge in [-0.15, -0.1) is 0 Å². The number of nitrogens with two attached hydrogens (primary N) is 1. The standard InChI is InChI=1S/C5H14N2Si.C2H4O2/c1-5(6)7-8(2,3)4;1-2(3)4/h1-4H3,(H2,6,7);1H3,(H,3,4). The van der Waals surface area contributed by atoms with Gasteiger partial charge in [-0.2, -0.15) is 0 Å². The summed E-state index contributed by atoms with van der Waals surface area (Å²) in [7, 11) is -1.26. The van der Waals surface area contributed by atoms with Crippen molar-refractivity contribution in [2.45, 2.75) is 33.5 Å². The first-order valence-corrected chi connectivity index (χ1v) is 7.11. The van der Waals surface area contributed by atoms with E-state index in [1.807, 2.05) is 6.92 Å². The Kier molecular flexibility index (Phi) is 6.59. The third kappa shape index (κ3) is 35.3. The summed E-state index contributed by atoms with van der Waals surface area (Å²) in [5, 5.41) is 7.42. The van der Waals surface area contributed by atoms with Crippen LogP contribution < -0.4 is 5.73 Å². The number of aliphatic carboxylic acids is 1. The van der Waals surface area contributed by atoms with E-state index in [0.717, 1.165) is 6.92 Å². The predicted molar refractivity (Wildman–Crippen MR) is 54.0 cm³/mol. The van der Waals surface area contributed by atoms with Crippen molar-refractivity contribution in [1.82, 2.24) is 0 Å². The average molecular weight is 190 g/mol. The Bertz CT molecular complexity index is 165. The average Bonchev–Trinajstić information content (AvgIpc) is 1.52. The zero-order valence-corrected chi connectivity index (χ0v) is 9.38. The Labute approximate surface area is 74.6 Å². The lowest BCUT2D eigenvalue weighted by molar-refractivity contribution is -0.134. The first-order valence-electron chi connectivity index (χ1n) is 3.66. The molecule has 0 unspecified atom stereocenters. The molecule has 0 aliphatic carbocycles. The Morgan fingerprint density at radius 2 is 1.58 bits per heavy atom. The van der Waals surface area contributed by atoms with Gasteiger partial charge in [0.1, 0.15) is 0 Å². The molecule has 4 nitrogen and oxygen atoms in total. The number of nitrogens with zero attached hydrogens (tertiary/aromatic N) is 1. The summed E-state index contributed by atoms with van der Waals surface area (Å²) in [6.45, 7) is 9.38. The Balaban J connectivity index is 0. The minimum Gasteiger partial charge on any atom is -0.481 e. The topological polar surface area (TPSA) is 75.7 Å². The number of carboxylic acid groups (broad SMARTS) is 1. The van der Waals surface area contributed by atoms with Crippen molar-refractivity contribution in [1.29, 1.82) is 0 Å². The van der Waals surface area contributed by atoms with Crippen molar-refractivity contribution in [2.75, 3.05) is 0 Å². The normalized spacial score (nSPS) is 11.6. The monoisotopic (exact) mass is 190 g/mol. The molecule has 0 radical (unpaired) electrons. The van der Waals surface area contributed by atoms with Crippen molar-refractivity contribution in [3.05, 3.63) is 0 Å². The first-order chi connectivity index (χ1) is 5.15. The van der Waals surface area contributed by atoms with Crippen LogP contribution >= 0.6 is 0 Å². The van der Waals surface area contributed by atoms with E-state index in [4.69, 9.17) is 15.6 Å². The minimum absolute atomic E-state index is 0.712. The molecule has 0 aromatic carbocycles. The maximum atomic E-state index is 9.00. The van der Waals surface area contributed by atoms with Gasteiger partial charge in [0.2, 0.25) is 0 Å². The van der Waals surface area contributed by atoms with Gasteiger partial charge in [0, 0.05) is 6.92 Å². The highest BCUT2D eigenvalue weighted by molar-refractivity contribution is 6.75. The molecule has 3 N–H and O–H groups in total. The van der Waals surface area contributed by atoms with Crippen LogP contribution in [0.1, 0.15) is 13.8 Å². The van der Waals surface area contributed by atoms with Crippen LogP contribution in [0.4, 0.5) is 0 Å². The summed E-state index contributed by atoms with van der Waals surface area (Å²) in [4.78, 5) is 9.00. The van der Waals surface area contributed by atoms with E-state index < -0.39 is 14.2 Å². The van der Waals surface area contributed by atoms with E-state index in [0.29, 0.717) is 5.84 Å². The summed E-state index contributed by atoms with van der Waals surface area (Å²) in [5.74, 6) is -0.121. The highest BCUT2D eigenvalue weighted by atomic mass is 28.3. The van der Waals surface area contributed by atoms with E-state index in [2.05, 4.69) is 24.3 Å². The summed E-state index contributed by atoms with van der Waals surface area (Å²) in [6, 6.07) is 0. The fraction of sp³-hybridized carbons (Fsp3) is 0.714. The van der Waals surface area contributed by atoms with Crippen LogP contribution in [0.3, 0.4) is 0 Å². The van der Waals surface area contributed by atoms with Crippen LogP contribution in [0.2, 0.25) is 19.6 Å². The van der Waals surface area contributed by atoms with Crippen LogP contribution in [-0.2, 0) is 4.79 Å². The Hall–Kier alpha value is -0.843. The maximum Gasteiger partial charge on any atom is 0.300 e. The maximum absolute atomic E-state index is 9.00. The van der Waals surface area contributed by atoms with Crippen molar-refractivity contribution in [2.24, 2.45) is 10.4 Å². The molecule has 0 fully saturated rings. The van der Waals surface area contributed by atoms with Crippen LogP contribution in [0.5, 0.6) is 0 Å². The Morgan fingerprint density at radius 1 is 1.33 bits per heavy atom. The zero-order chi connectivity index (χ0) is 10.4. The lowest BCUT2D eigenvalue weighted by Crippen LogP contribution is -2.21. The summed E-state index contributed by atoms with van der Waals surface area (Å²) in [5.41, 5.74) is 5.36. The van der Waals surface area contributed by atoms with Gasteiger partial charge in [-0.25, -0.2) is 0 Å². The minimum atomic E-state index is -1.26. The van der Waals surface area contributed by atoms with Crippen molar-refractivity contribution in [3.63, 3.8) is 0 Å². The van der Waals surface area contributed by atoms with Crippen molar-refractivity contribution >= 4 is 20.0 Å². The van der Waals surface area contributed by atoms with E-state index in [9.17, 15) is 0 Å². The van der Waals surface area contributed by atoms with Gasteiger partial charge < -0.3 is 15.5 Å². The van der Waals surface area contributed by atoms with Gasteiger partial charge in [-0.3, -0.25) is 4.79 Å². The van der Waals surface area contributed by atoms with Crippen LogP contribution in [0, 0.1) is 0 Å². The van der Waals surface area contributed by atoms with E-state index in [1.54, 1.807) is 0 Å². The third-order valence-corrected chi connectivity index (χ3v) is 1.54. The van der Waals surface area contributed by atoms with Gasteiger partial charge in [-0.05, 0) is 26.6 Å². The fourth-order valence-electron chi connectivity index (χ4n) is 0.529. The number of hydrogen-bond acceptors (Lipinski definition) is 2. The molecule has 0 rings (SSSR count). The smallest absolute Gasteiger partial charge is 0.300 e. The van der Waals surface area contributed by atoms with Gasteiger partial charge in [0.25, 0.3) is 5.97 Å². The quantitative estimate of drug-likeness (QED) is 0.371. The van der Waals surface area contributed by atoms with Crippen LogP contribution in [0.25, 0.3) is 0 Å². The number of carboxylic acids is 1. The number of carbonyl (C=O) groups is 1. The molecule has 0 aliphatic rings. The highest BCUT2D eigenvalue weighted by Gasteiger charge is 2.09. The summed E-state index contributed by atoms with van der Waals surface area (Å²) < 4.78 is 4.24. The second kappa shape index (κ2) is 5.76. The largest absolute Gasteiger partial charge is 0.481 e. The predicted octanol–water partition coefficient (Wildman–Crippen LogP) is 1.29. The molecule has 0 atom stereocenters. The molecule has 0 saturated heterocycles. The van der Waals surface area contributed by atoms with Crippen LogP contribution in [-0.4, -0.2) is 25.1 Å². The first kappa shape index (κ1) is 13.7.